The van der Waals surface area contributed by atoms with E-state index in [4.69, 9.17) is 14.0 Å². The molecule has 3 heterocycles. The van der Waals surface area contributed by atoms with Gasteiger partial charge in [-0.05, 0) is 24.3 Å². The van der Waals surface area contributed by atoms with Crippen molar-refractivity contribution in [3.63, 3.8) is 0 Å². The summed E-state index contributed by atoms with van der Waals surface area (Å²) in [6.45, 7) is 2.01. The molecule has 0 atom stereocenters. The minimum Gasteiger partial charge on any atom is -0.452 e. The Morgan fingerprint density at radius 3 is 2.58 bits per heavy atom. The van der Waals surface area contributed by atoms with Gasteiger partial charge in [0.1, 0.15) is 11.4 Å². The first kappa shape index (κ1) is 20.8. The predicted octanol–water partition coefficient (Wildman–Crippen LogP) is 3.34. The average molecular weight is 434 g/mol. The molecule has 1 aliphatic rings. The van der Waals surface area contributed by atoms with E-state index < -0.39 is 17.7 Å². The second kappa shape index (κ2) is 8.72. The monoisotopic (exact) mass is 434 g/mol. The lowest BCUT2D eigenvalue weighted by molar-refractivity contribution is -0.137. The van der Waals surface area contributed by atoms with Crippen LogP contribution in [0.1, 0.15) is 21.8 Å². The summed E-state index contributed by atoms with van der Waals surface area (Å²) in [5, 5.41) is 3.73. The zero-order chi connectivity index (χ0) is 21.8. The highest BCUT2D eigenvalue weighted by atomic mass is 19.4. The molecule has 1 aliphatic heterocycles. The standard InChI is InChI=1S/C20H17F3N4O4/c21-20(22,23)14-5-3-13(4-6-14)17-25-16(31-26-17)12-30-19(28)15-2-1-7-24-18(15)27-8-10-29-11-9-27/h1-7H,8-12H2. The van der Waals surface area contributed by atoms with E-state index in [1.807, 2.05) is 4.90 Å². The van der Waals surface area contributed by atoms with Gasteiger partial charge in [-0.25, -0.2) is 9.78 Å². The maximum atomic E-state index is 12.7. The van der Waals surface area contributed by atoms with Crippen LogP contribution in [-0.2, 0) is 22.3 Å². The lowest BCUT2D eigenvalue weighted by Crippen LogP contribution is -2.37. The van der Waals surface area contributed by atoms with Crippen LogP contribution in [0.2, 0.25) is 0 Å². The molecule has 2 aromatic heterocycles. The lowest BCUT2D eigenvalue weighted by Gasteiger charge is -2.28. The Morgan fingerprint density at radius 2 is 1.87 bits per heavy atom. The number of morpholine rings is 1. The van der Waals surface area contributed by atoms with E-state index in [0.717, 1.165) is 12.1 Å². The number of carbonyl (C=O) groups excluding carboxylic acids is 1. The van der Waals surface area contributed by atoms with Gasteiger partial charge in [-0.15, -0.1) is 0 Å². The van der Waals surface area contributed by atoms with Crippen molar-refractivity contribution in [1.29, 1.82) is 0 Å². The van der Waals surface area contributed by atoms with Gasteiger partial charge in [0, 0.05) is 24.8 Å². The van der Waals surface area contributed by atoms with Crippen molar-refractivity contribution in [2.24, 2.45) is 0 Å². The molecule has 1 saturated heterocycles. The van der Waals surface area contributed by atoms with Gasteiger partial charge in [0.05, 0.1) is 18.8 Å². The molecule has 0 saturated carbocycles. The lowest BCUT2D eigenvalue weighted by atomic mass is 10.1. The Hall–Kier alpha value is -3.47. The number of rotatable bonds is 5. The number of aromatic nitrogens is 3. The molecule has 4 rings (SSSR count). The molecular formula is C20H17F3N4O4. The molecule has 0 N–H and O–H groups in total. The number of pyridine rings is 1. The number of esters is 1. The fraction of sp³-hybridized carbons (Fsp3) is 0.300. The number of hydrogen-bond acceptors (Lipinski definition) is 8. The Labute approximate surface area is 174 Å². The molecular weight excluding hydrogens is 417 g/mol. The second-order valence-corrected chi connectivity index (χ2v) is 6.64. The maximum absolute atomic E-state index is 12.7. The largest absolute Gasteiger partial charge is 0.452 e. The average Bonchev–Trinajstić information content (AvgIpc) is 3.27. The third kappa shape index (κ3) is 4.82. The van der Waals surface area contributed by atoms with E-state index in [-0.39, 0.29) is 18.3 Å². The van der Waals surface area contributed by atoms with E-state index in [0.29, 0.717) is 43.2 Å². The zero-order valence-corrected chi connectivity index (χ0v) is 16.1. The Morgan fingerprint density at radius 1 is 1.13 bits per heavy atom. The molecule has 0 aliphatic carbocycles. The van der Waals surface area contributed by atoms with Gasteiger partial charge in [-0.3, -0.25) is 0 Å². The fourth-order valence-corrected chi connectivity index (χ4v) is 3.03. The first-order valence-corrected chi connectivity index (χ1v) is 9.37. The molecule has 8 nitrogen and oxygen atoms in total. The number of carbonyl (C=O) groups is 1. The van der Waals surface area contributed by atoms with Crippen LogP contribution in [0.4, 0.5) is 19.0 Å². The number of ether oxygens (including phenoxy) is 2. The van der Waals surface area contributed by atoms with Crippen LogP contribution in [0.25, 0.3) is 11.4 Å². The van der Waals surface area contributed by atoms with Gasteiger partial charge in [0.2, 0.25) is 5.82 Å². The van der Waals surface area contributed by atoms with Crippen LogP contribution >= 0.6 is 0 Å². The Kier molecular flexibility index (Phi) is 5.85. The van der Waals surface area contributed by atoms with Crippen LogP contribution < -0.4 is 4.90 Å². The Bertz CT molecular complexity index is 1050. The maximum Gasteiger partial charge on any atom is 0.416 e. The van der Waals surface area contributed by atoms with Gasteiger partial charge in [-0.1, -0.05) is 17.3 Å². The van der Waals surface area contributed by atoms with E-state index in [1.165, 1.54) is 12.1 Å². The number of alkyl halides is 3. The van der Waals surface area contributed by atoms with Gasteiger partial charge < -0.3 is 18.9 Å². The smallest absolute Gasteiger partial charge is 0.416 e. The fourth-order valence-electron chi connectivity index (χ4n) is 3.03. The quantitative estimate of drug-likeness (QED) is 0.565. The molecule has 1 aromatic carbocycles. The SMILES string of the molecule is O=C(OCc1nc(-c2ccc(C(F)(F)F)cc2)no1)c1cccnc1N1CCOCC1. The van der Waals surface area contributed by atoms with E-state index >= 15 is 0 Å². The van der Waals surface area contributed by atoms with Crippen LogP contribution in [-0.4, -0.2) is 47.4 Å². The second-order valence-electron chi connectivity index (χ2n) is 6.64. The highest BCUT2D eigenvalue weighted by Crippen LogP contribution is 2.30. The molecule has 3 aromatic rings. The predicted molar refractivity (Wildman–Crippen MR) is 101 cm³/mol. The minimum atomic E-state index is -4.43. The normalized spacial score (nSPS) is 14.5. The number of nitrogens with zero attached hydrogens (tertiary/aromatic N) is 4. The van der Waals surface area contributed by atoms with Crippen molar-refractivity contribution in [2.75, 3.05) is 31.2 Å². The van der Waals surface area contributed by atoms with Crippen molar-refractivity contribution >= 4 is 11.8 Å². The first-order chi connectivity index (χ1) is 14.9. The third-order valence-electron chi connectivity index (χ3n) is 4.58. The van der Waals surface area contributed by atoms with Crippen LogP contribution in [0.15, 0.2) is 47.1 Å². The Balaban J connectivity index is 1.42. The van der Waals surface area contributed by atoms with Crippen LogP contribution in [0, 0.1) is 0 Å². The summed E-state index contributed by atoms with van der Waals surface area (Å²) in [6, 6.07) is 7.60. The first-order valence-electron chi connectivity index (χ1n) is 9.37. The van der Waals surface area contributed by atoms with Crippen molar-refractivity contribution in [3.8, 4) is 11.4 Å². The molecule has 0 amide bonds. The van der Waals surface area contributed by atoms with Gasteiger partial charge in [-0.2, -0.15) is 18.2 Å². The summed E-state index contributed by atoms with van der Waals surface area (Å²) in [5.74, 6) is 0.00543. The summed E-state index contributed by atoms with van der Waals surface area (Å²) in [4.78, 5) is 22.9. The molecule has 31 heavy (non-hydrogen) atoms. The number of hydrogen-bond donors (Lipinski definition) is 0. The van der Waals surface area contributed by atoms with Gasteiger partial charge >= 0.3 is 12.1 Å². The van der Waals surface area contributed by atoms with E-state index in [9.17, 15) is 18.0 Å². The summed E-state index contributed by atoms with van der Waals surface area (Å²) in [6.07, 6.45) is -2.84. The highest BCUT2D eigenvalue weighted by molar-refractivity contribution is 5.94. The van der Waals surface area contributed by atoms with Crippen LogP contribution in [0.5, 0.6) is 0 Å². The number of halogens is 3. The number of anilines is 1. The molecule has 1 fully saturated rings. The molecule has 0 radical (unpaired) electrons. The zero-order valence-electron chi connectivity index (χ0n) is 16.1. The minimum absolute atomic E-state index is 0.0139. The van der Waals surface area contributed by atoms with E-state index in [1.54, 1.807) is 18.3 Å². The topological polar surface area (TPSA) is 90.6 Å². The van der Waals surface area contributed by atoms with Crippen molar-refractivity contribution < 1.29 is 32.0 Å². The van der Waals surface area contributed by atoms with Crippen molar-refractivity contribution in [3.05, 3.63) is 59.6 Å². The molecule has 162 valence electrons. The number of benzene rings is 1. The molecule has 0 spiro atoms. The van der Waals surface area contributed by atoms with Crippen LogP contribution in [0.3, 0.4) is 0 Å². The summed E-state index contributed by atoms with van der Waals surface area (Å²) >= 11 is 0. The third-order valence-corrected chi connectivity index (χ3v) is 4.58. The summed E-state index contributed by atoms with van der Waals surface area (Å²) in [7, 11) is 0. The van der Waals surface area contributed by atoms with Crippen molar-refractivity contribution in [2.45, 2.75) is 12.8 Å². The summed E-state index contributed by atoms with van der Waals surface area (Å²) in [5.41, 5.74) is -0.135. The molecule has 11 heteroatoms. The van der Waals surface area contributed by atoms with E-state index in [2.05, 4.69) is 15.1 Å². The summed E-state index contributed by atoms with van der Waals surface area (Å²) < 4.78 is 53.7. The highest BCUT2D eigenvalue weighted by Gasteiger charge is 2.30. The van der Waals surface area contributed by atoms with Gasteiger partial charge in [0.15, 0.2) is 6.61 Å². The molecule has 0 bridgehead atoms. The molecule has 0 unspecified atom stereocenters. The van der Waals surface area contributed by atoms with Crippen molar-refractivity contribution in [1.82, 2.24) is 15.1 Å². The van der Waals surface area contributed by atoms with Gasteiger partial charge in [0.25, 0.3) is 5.89 Å².